The number of ether oxygens (including phenoxy) is 1. The Morgan fingerprint density at radius 1 is 1.13 bits per heavy atom. The van der Waals surface area contributed by atoms with Gasteiger partial charge in [-0.2, -0.15) is 0 Å². The van der Waals surface area contributed by atoms with Crippen LogP contribution in [0.5, 0.6) is 5.75 Å². The molecule has 0 spiro atoms. The van der Waals surface area contributed by atoms with Crippen LogP contribution in [0.1, 0.15) is 64.2 Å². The van der Waals surface area contributed by atoms with Gasteiger partial charge in [0.2, 0.25) is 5.43 Å². The Morgan fingerprint density at radius 2 is 1.92 bits per heavy atom. The molecule has 3 heterocycles. The second-order valence-electron chi connectivity index (χ2n) is 10.3. The van der Waals surface area contributed by atoms with Gasteiger partial charge in [-0.1, -0.05) is 36.4 Å². The van der Waals surface area contributed by atoms with E-state index in [0.29, 0.717) is 12.5 Å². The molecule has 3 aromatic rings. The van der Waals surface area contributed by atoms with Gasteiger partial charge in [-0.3, -0.25) is 14.4 Å². The number of piperidine rings is 1. The molecule has 7 nitrogen and oxygen atoms in total. The van der Waals surface area contributed by atoms with Gasteiger partial charge in [-0.25, -0.2) is 8.78 Å². The van der Waals surface area contributed by atoms with Crippen molar-refractivity contribution in [3.8, 4) is 5.75 Å². The number of carbonyl (C=O) groups is 2. The summed E-state index contributed by atoms with van der Waals surface area (Å²) >= 11 is 0. The van der Waals surface area contributed by atoms with Crippen LogP contribution >= 0.6 is 0 Å². The molecule has 2 aromatic carbocycles. The van der Waals surface area contributed by atoms with E-state index in [-0.39, 0.29) is 47.2 Å². The summed E-state index contributed by atoms with van der Waals surface area (Å²) in [5.74, 6) is -2.26. The quantitative estimate of drug-likeness (QED) is 0.529. The summed E-state index contributed by atoms with van der Waals surface area (Å²) < 4.78 is 35.3. The number of hydrogen-bond donors (Lipinski definition) is 1. The first-order chi connectivity index (χ1) is 18.3. The summed E-state index contributed by atoms with van der Waals surface area (Å²) in [5, 5.41) is 2.64. The van der Waals surface area contributed by atoms with Crippen molar-refractivity contribution in [1.29, 1.82) is 0 Å². The van der Waals surface area contributed by atoms with Crippen LogP contribution in [-0.4, -0.2) is 33.4 Å². The van der Waals surface area contributed by atoms with E-state index < -0.39 is 29.0 Å². The first-order valence-corrected chi connectivity index (χ1v) is 12.8. The second kappa shape index (κ2) is 9.38. The number of aromatic nitrogens is 1. The average Bonchev–Trinajstić information content (AvgIpc) is 3.51. The van der Waals surface area contributed by atoms with Crippen molar-refractivity contribution in [1.82, 2.24) is 14.8 Å². The van der Waals surface area contributed by atoms with Gasteiger partial charge in [0.05, 0.1) is 12.1 Å². The molecule has 0 unspecified atom stereocenters. The highest BCUT2D eigenvalue weighted by atomic mass is 19.1. The van der Waals surface area contributed by atoms with Gasteiger partial charge in [-0.05, 0) is 43.7 Å². The normalized spacial score (nSPS) is 22.1. The molecular weight excluding hydrogens is 492 g/mol. The Morgan fingerprint density at radius 3 is 2.68 bits per heavy atom. The van der Waals surface area contributed by atoms with Crippen molar-refractivity contribution in [2.75, 3.05) is 0 Å². The monoisotopic (exact) mass is 519 g/mol. The topological polar surface area (TPSA) is 80.6 Å². The van der Waals surface area contributed by atoms with Crippen LogP contribution in [0.25, 0.3) is 0 Å². The van der Waals surface area contributed by atoms with E-state index in [9.17, 15) is 23.2 Å². The van der Waals surface area contributed by atoms with Crippen LogP contribution in [0, 0.1) is 17.6 Å². The molecule has 38 heavy (non-hydrogen) atoms. The standard InChI is InChI=1S/C29H27F2N3O4/c1-16(21-10-8-19(30)12-23(21)31)32-28(36)22-13-33-14-24-18-7-9-20(11-18)34(24)29(37)25(33)27(26(22)35)38-15-17-5-3-2-4-6-17/h2-6,8,10,12-13,16,18,20,24H,7,9,11,14-15H2,1H3,(H,32,36)/t16-,18-,20+,24+/m1/s1. The van der Waals surface area contributed by atoms with Crippen molar-refractivity contribution >= 4 is 11.8 Å². The van der Waals surface area contributed by atoms with Gasteiger partial charge < -0.3 is 19.5 Å². The maximum absolute atomic E-state index is 14.3. The Bertz CT molecular complexity index is 1490. The lowest BCUT2D eigenvalue weighted by molar-refractivity contribution is 0.0479. The zero-order chi connectivity index (χ0) is 26.6. The van der Waals surface area contributed by atoms with E-state index in [1.54, 1.807) is 11.5 Å². The molecule has 6 rings (SSSR count). The Labute approximate surface area is 218 Å². The molecular formula is C29H27F2N3O4. The van der Waals surface area contributed by atoms with E-state index in [1.165, 1.54) is 12.3 Å². The molecule has 196 valence electrons. The lowest BCUT2D eigenvalue weighted by Crippen LogP contribution is -2.52. The van der Waals surface area contributed by atoms with Gasteiger partial charge in [0.25, 0.3) is 11.8 Å². The molecule has 0 radical (unpaired) electrons. The Balaban J connectivity index is 1.37. The van der Waals surface area contributed by atoms with Gasteiger partial charge in [0, 0.05) is 30.4 Å². The van der Waals surface area contributed by atoms with Crippen LogP contribution in [-0.2, 0) is 13.2 Å². The summed E-state index contributed by atoms with van der Waals surface area (Å²) in [6.07, 6.45) is 4.37. The summed E-state index contributed by atoms with van der Waals surface area (Å²) in [5.41, 5.74) is 0.153. The smallest absolute Gasteiger partial charge is 0.275 e. The predicted octanol–water partition coefficient (Wildman–Crippen LogP) is 4.20. The molecule has 2 bridgehead atoms. The van der Waals surface area contributed by atoms with Gasteiger partial charge in [-0.15, -0.1) is 0 Å². The third-order valence-electron chi connectivity index (χ3n) is 8.05. The lowest BCUT2D eigenvalue weighted by atomic mass is 9.95. The fourth-order valence-electron chi connectivity index (χ4n) is 6.20. The number of nitrogens with zero attached hydrogens (tertiary/aromatic N) is 2. The molecule has 1 N–H and O–H groups in total. The second-order valence-corrected chi connectivity index (χ2v) is 10.3. The van der Waals surface area contributed by atoms with Gasteiger partial charge in [0.15, 0.2) is 11.4 Å². The zero-order valence-corrected chi connectivity index (χ0v) is 20.8. The summed E-state index contributed by atoms with van der Waals surface area (Å²) in [6.45, 7) is 2.06. The molecule has 9 heteroatoms. The van der Waals surface area contributed by atoms with E-state index in [0.717, 1.165) is 37.0 Å². The highest BCUT2D eigenvalue weighted by Gasteiger charge is 2.51. The van der Waals surface area contributed by atoms with Crippen LogP contribution < -0.4 is 15.5 Å². The Kier molecular flexibility index (Phi) is 6.01. The number of amides is 2. The van der Waals surface area contributed by atoms with E-state index in [4.69, 9.17) is 4.74 Å². The molecule has 2 amide bonds. The fraction of sp³-hybridized carbons (Fsp3) is 0.345. The van der Waals surface area contributed by atoms with Crippen LogP contribution in [0.2, 0.25) is 0 Å². The van der Waals surface area contributed by atoms with E-state index in [1.807, 2.05) is 35.2 Å². The number of benzene rings is 2. The molecule has 2 fully saturated rings. The summed E-state index contributed by atoms with van der Waals surface area (Å²) in [4.78, 5) is 42.5. The summed E-state index contributed by atoms with van der Waals surface area (Å²) in [6, 6.07) is 11.7. The maximum atomic E-state index is 14.3. The number of hydrogen-bond acceptors (Lipinski definition) is 4. The van der Waals surface area contributed by atoms with Crippen molar-refractivity contribution in [2.45, 2.75) is 57.5 Å². The number of halogens is 2. The number of nitrogens with one attached hydrogen (secondary N) is 1. The molecule has 1 aliphatic carbocycles. The molecule has 2 aliphatic heterocycles. The molecule has 4 atom stereocenters. The molecule has 1 saturated heterocycles. The molecule has 1 saturated carbocycles. The van der Waals surface area contributed by atoms with Crippen molar-refractivity contribution in [3.05, 3.63) is 99.0 Å². The minimum absolute atomic E-state index is 0.0152. The average molecular weight is 520 g/mol. The van der Waals surface area contributed by atoms with E-state index in [2.05, 4.69) is 5.32 Å². The third kappa shape index (κ3) is 4.06. The van der Waals surface area contributed by atoms with Gasteiger partial charge in [0.1, 0.15) is 23.8 Å². The van der Waals surface area contributed by atoms with Crippen LogP contribution in [0.3, 0.4) is 0 Å². The highest BCUT2D eigenvalue weighted by molar-refractivity contribution is 5.99. The lowest BCUT2D eigenvalue weighted by Gasteiger charge is -2.40. The van der Waals surface area contributed by atoms with Crippen molar-refractivity contribution in [3.63, 3.8) is 0 Å². The Hall–Kier alpha value is -4.01. The minimum atomic E-state index is -0.833. The minimum Gasteiger partial charge on any atom is -0.483 e. The maximum Gasteiger partial charge on any atom is 0.275 e. The first kappa shape index (κ1) is 24.3. The zero-order valence-electron chi connectivity index (χ0n) is 20.8. The molecule has 1 aromatic heterocycles. The van der Waals surface area contributed by atoms with Crippen LogP contribution in [0.4, 0.5) is 8.78 Å². The highest BCUT2D eigenvalue weighted by Crippen LogP contribution is 2.46. The van der Waals surface area contributed by atoms with Gasteiger partial charge >= 0.3 is 0 Å². The summed E-state index contributed by atoms with van der Waals surface area (Å²) in [7, 11) is 0. The SMILES string of the molecule is C[C@@H](NC(=O)c1cn2c(c(OCc3ccccc3)c1=O)C(=O)N1[C@H]3CC[C@H](C3)[C@@H]1C2)c1ccc(F)cc1F. The van der Waals surface area contributed by atoms with Crippen LogP contribution in [0.15, 0.2) is 59.5 Å². The largest absolute Gasteiger partial charge is 0.483 e. The predicted molar refractivity (Wildman–Crippen MR) is 135 cm³/mol. The number of pyridine rings is 1. The first-order valence-electron chi connectivity index (χ1n) is 12.8. The number of carbonyl (C=O) groups excluding carboxylic acids is 2. The fourth-order valence-corrected chi connectivity index (χ4v) is 6.20. The number of fused-ring (bicyclic) bond motifs is 6. The number of rotatable bonds is 6. The third-order valence-corrected chi connectivity index (χ3v) is 8.05. The van der Waals surface area contributed by atoms with E-state index >= 15 is 0 Å². The van der Waals surface area contributed by atoms with Crippen molar-refractivity contribution < 1.29 is 23.1 Å². The molecule has 3 aliphatic rings. The van der Waals surface area contributed by atoms with Crippen molar-refractivity contribution in [2.24, 2.45) is 5.92 Å².